The van der Waals surface area contributed by atoms with E-state index in [1.54, 1.807) is 6.20 Å². The predicted molar refractivity (Wildman–Crippen MR) is 95.1 cm³/mol. The lowest BCUT2D eigenvalue weighted by Crippen LogP contribution is -2.64. The summed E-state index contributed by atoms with van der Waals surface area (Å²) in [4.78, 5) is 33.8. The SMILES string of the molecule is O=C1CN(C(=O)[C@@H]2CCCN(c3ccccn3)C2)[C@@H]2CCCC[C@@H]2N1. The van der Waals surface area contributed by atoms with Crippen molar-refractivity contribution < 1.29 is 9.59 Å². The molecule has 3 atom stereocenters. The van der Waals surface area contributed by atoms with E-state index in [2.05, 4.69) is 15.2 Å². The summed E-state index contributed by atoms with van der Waals surface area (Å²) in [6.45, 7) is 1.86. The highest BCUT2D eigenvalue weighted by Gasteiger charge is 2.41. The first-order valence-corrected chi connectivity index (χ1v) is 9.48. The minimum Gasteiger partial charge on any atom is -0.356 e. The Morgan fingerprint density at radius 3 is 2.88 bits per heavy atom. The molecule has 0 radical (unpaired) electrons. The van der Waals surface area contributed by atoms with Crippen molar-refractivity contribution >= 4 is 17.6 Å². The van der Waals surface area contributed by atoms with E-state index in [1.807, 2.05) is 23.1 Å². The fraction of sp³-hybridized carbons (Fsp3) is 0.632. The van der Waals surface area contributed by atoms with E-state index in [-0.39, 0.29) is 36.4 Å². The number of anilines is 1. The minimum atomic E-state index is -0.0377. The number of piperidine rings is 1. The second-order valence-corrected chi connectivity index (χ2v) is 7.47. The Bertz CT molecular complexity index is 636. The summed E-state index contributed by atoms with van der Waals surface area (Å²) < 4.78 is 0. The molecule has 25 heavy (non-hydrogen) atoms. The number of amides is 2. The molecule has 0 aromatic carbocycles. The highest BCUT2D eigenvalue weighted by Crippen LogP contribution is 2.29. The van der Waals surface area contributed by atoms with Crippen molar-refractivity contribution in [2.75, 3.05) is 24.5 Å². The number of nitrogens with zero attached hydrogens (tertiary/aromatic N) is 3. The van der Waals surface area contributed by atoms with Gasteiger partial charge < -0.3 is 15.1 Å². The molecule has 6 heteroatoms. The Kier molecular flexibility index (Phi) is 4.59. The van der Waals surface area contributed by atoms with Gasteiger partial charge in [-0.2, -0.15) is 0 Å². The number of carbonyl (C=O) groups excluding carboxylic acids is 2. The average Bonchev–Trinajstić information content (AvgIpc) is 2.67. The molecule has 1 aliphatic carbocycles. The van der Waals surface area contributed by atoms with Crippen LogP contribution in [0.5, 0.6) is 0 Å². The van der Waals surface area contributed by atoms with Gasteiger partial charge in [-0.15, -0.1) is 0 Å². The lowest BCUT2D eigenvalue weighted by molar-refractivity contribution is -0.147. The van der Waals surface area contributed by atoms with Crippen LogP contribution in [0.25, 0.3) is 0 Å². The quantitative estimate of drug-likeness (QED) is 0.886. The van der Waals surface area contributed by atoms with Gasteiger partial charge in [0.2, 0.25) is 11.8 Å². The second-order valence-electron chi connectivity index (χ2n) is 7.47. The summed E-state index contributed by atoms with van der Waals surface area (Å²) in [6, 6.07) is 6.22. The standard InChI is InChI=1S/C19H26N4O2/c24-18-13-23(16-8-2-1-7-15(16)21-18)19(25)14-6-5-11-22(12-14)17-9-3-4-10-20-17/h3-4,9-10,14-16H,1-2,5-8,11-13H2,(H,21,24)/t14-,15+,16-/m1/s1. The largest absolute Gasteiger partial charge is 0.356 e. The van der Waals surface area contributed by atoms with E-state index in [0.717, 1.165) is 50.9 Å². The molecular formula is C19H26N4O2. The number of rotatable bonds is 2. The molecule has 3 fully saturated rings. The highest BCUT2D eigenvalue weighted by atomic mass is 16.2. The van der Waals surface area contributed by atoms with E-state index in [9.17, 15) is 9.59 Å². The molecule has 1 N–H and O–H groups in total. The van der Waals surface area contributed by atoms with Crippen LogP contribution in [0.3, 0.4) is 0 Å². The first-order chi connectivity index (χ1) is 12.2. The Morgan fingerprint density at radius 1 is 1.16 bits per heavy atom. The molecule has 2 aliphatic heterocycles. The van der Waals surface area contributed by atoms with Gasteiger partial charge in [-0.3, -0.25) is 9.59 Å². The summed E-state index contributed by atoms with van der Waals surface area (Å²) in [5.41, 5.74) is 0. The number of hydrogen-bond acceptors (Lipinski definition) is 4. The van der Waals surface area contributed by atoms with Gasteiger partial charge in [0.05, 0.1) is 18.5 Å². The fourth-order valence-corrected chi connectivity index (χ4v) is 4.58. The lowest BCUT2D eigenvalue weighted by atomic mass is 9.86. The highest BCUT2D eigenvalue weighted by molar-refractivity contribution is 5.88. The molecular weight excluding hydrogens is 316 g/mol. The molecule has 1 aromatic rings. The molecule has 2 amide bonds. The predicted octanol–water partition coefficient (Wildman–Crippen LogP) is 1.57. The number of piperazine rings is 1. The lowest BCUT2D eigenvalue weighted by Gasteiger charge is -2.46. The monoisotopic (exact) mass is 342 g/mol. The van der Waals surface area contributed by atoms with Gasteiger partial charge in [0, 0.05) is 25.3 Å². The van der Waals surface area contributed by atoms with Crippen molar-refractivity contribution in [2.45, 2.75) is 50.6 Å². The molecule has 3 aliphatic rings. The Morgan fingerprint density at radius 2 is 2.04 bits per heavy atom. The van der Waals surface area contributed by atoms with Crippen LogP contribution in [-0.2, 0) is 9.59 Å². The molecule has 0 unspecified atom stereocenters. The molecule has 1 saturated carbocycles. The fourth-order valence-electron chi connectivity index (χ4n) is 4.58. The van der Waals surface area contributed by atoms with Crippen LogP contribution >= 0.6 is 0 Å². The van der Waals surface area contributed by atoms with Crippen LogP contribution in [0.15, 0.2) is 24.4 Å². The number of aromatic nitrogens is 1. The number of fused-ring (bicyclic) bond motifs is 1. The van der Waals surface area contributed by atoms with Gasteiger partial charge in [-0.05, 0) is 37.8 Å². The Hall–Kier alpha value is -2.11. The van der Waals surface area contributed by atoms with Gasteiger partial charge in [-0.1, -0.05) is 18.9 Å². The zero-order valence-corrected chi connectivity index (χ0v) is 14.6. The zero-order valence-electron chi connectivity index (χ0n) is 14.6. The maximum Gasteiger partial charge on any atom is 0.239 e. The molecule has 134 valence electrons. The van der Waals surface area contributed by atoms with Crippen LogP contribution in [0.4, 0.5) is 5.82 Å². The number of pyridine rings is 1. The molecule has 6 nitrogen and oxygen atoms in total. The first kappa shape index (κ1) is 16.4. The van der Waals surface area contributed by atoms with Crippen LogP contribution < -0.4 is 10.2 Å². The van der Waals surface area contributed by atoms with Crippen molar-refractivity contribution in [3.05, 3.63) is 24.4 Å². The summed E-state index contributed by atoms with van der Waals surface area (Å²) in [6.07, 6.45) is 7.96. The second kappa shape index (κ2) is 7.02. The maximum absolute atomic E-state index is 13.2. The van der Waals surface area contributed by atoms with E-state index < -0.39 is 0 Å². The molecule has 4 rings (SSSR count). The summed E-state index contributed by atoms with van der Waals surface area (Å²) in [7, 11) is 0. The average molecular weight is 342 g/mol. The summed E-state index contributed by atoms with van der Waals surface area (Å²) >= 11 is 0. The van der Waals surface area contributed by atoms with E-state index in [4.69, 9.17) is 0 Å². The van der Waals surface area contributed by atoms with Crippen molar-refractivity contribution in [1.82, 2.24) is 15.2 Å². The third kappa shape index (κ3) is 3.34. The van der Waals surface area contributed by atoms with Gasteiger partial charge in [0.15, 0.2) is 0 Å². The zero-order chi connectivity index (χ0) is 17.2. The third-order valence-corrected chi connectivity index (χ3v) is 5.82. The van der Waals surface area contributed by atoms with Gasteiger partial charge in [-0.25, -0.2) is 4.98 Å². The van der Waals surface area contributed by atoms with Crippen molar-refractivity contribution in [3.8, 4) is 0 Å². The van der Waals surface area contributed by atoms with Crippen molar-refractivity contribution in [2.24, 2.45) is 5.92 Å². The van der Waals surface area contributed by atoms with Gasteiger partial charge >= 0.3 is 0 Å². The van der Waals surface area contributed by atoms with E-state index in [0.29, 0.717) is 6.54 Å². The third-order valence-electron chi connectivity index (χ3n) is 5.82. The minimum absolute atomic E-state index is 0.00566. The van der Waals surface area contributed by atoms with Crippen LogP contribution in [0.1, 0.15) is 38.5 Å². The normalized spacial score (nSPS) is 29.8. The molecule has 0 spiro atoms. The molecule has 1 aromatic heterocycles. The maximum atomic E-state index is 13.2. The molecule has 2 saturated heterocycles. The van der Waals surface area contributed by atoms with E-state index >= 15 is 0 Å². The number of carbonyl (C=O) groups is 2. The van der Waals surface area contributed by atoms with Gasteiger partial charge in [0.1, 0.15) is 5.82 Å². The summed E-state index contributed by atoms with van der Waals surface area (Å²) in [5, 5.41) is 3.09. The van der Waals surface area contributed by atoms with Crippen LogP contribution in [-0.4, -0.2) is 53.4 Å². The van der Waals surface area contributed by atoms with Crippen LogP contribution in [0, 0.1) is 5.92 Å². The molecule has 3 heterocycles. The van der Waals surface area contributed by atoms with Gasteiger partial charge in [0.25, 0.3) is 0 Å². The number of hydrogen-bond donors (Lipinski definition) is 1. The summed E-state index contributed by atoms with van der Waals surface area (Å²) in [5.74, 6) is 1.05. The van der Waals surface area contributed by atoms with E-state index in [1.165, 1.54) is 0 Å². The Labute approximate surface area is 148 Å². The first-order valence-electron chi connectivity index (χ1n) is 9.48. The van der Waals surface area contributed by atoms with Crippen molar-refractivity contribution in [3.63, 3.8) is 0 Å². The smallest absolute Gasteiger partial charge is 0.239 e. The molecule has 0 bridgehead atoms. The Balaban J connectivity index is 1.48. The van der Waals surface area contributed by atoms with Crippen molar-refractivity contribution in [1.29, 1.82) is 0 Å². The topological polar surface area (TPSA) is 65.5 Å². The number of nitrogens with one attached hydrogen (secondary N) is 1. The van der Waals surface area contributed by atoms with Crippen LogP contribution in [0.2, 0.25) is 0 Å².